The third-order valence-electron chi connectivity index (χ3n) is 4.38. The highest BCUT2D eigenvalue weighted by atomic mass is 35.5. The van der Waals surface area contributed by atoms with Crippen LogP contribution in [0.4, 0.5) is 15.9 Å². The van der Waals surface area contributed by atoms with Crippen LogP contribution in [0.5, 0.6) is 0 Å². The monoisotopic (exact) mass is 463 g/mol. The Hall–Kier alpha value is -3.43. The molecule has 3 rings (SSSR count). The second kappa shape index (κ2) is 8.75. The molecular formula is C20H16Cl2FN5O3. The number of hydrogen-bond donors (Lipinski definition) is 3. The van der Waals surface area contributed by atoms with Crippen molar-refractivity contribution in [1.29, 1.82) is 0 Å². The van der Waals surface area contributed by atoms with Crippen LogP contribution >= 0.6 is 23.2 Å². The number of rotatable bonds is 5. The number of hydrogen-bond acceptors (Lipinski definition) is 4. The number of anilines is 2. The van der Waals surface area contributed by atoms with E-state index in [1.807, 2.05) is 0 Å². The molecule has 0 aliphatic rings. The van der Waals surface area contributed by atoms with Crippen LogP contribution in [0.25, 0.3) is 0 Å². The molecule has 8 nitrogen and oxygen atoms in total. The Morgan fingerprint density at radius 3 is 2.48 bits per heavy atom. The molecule has 1 aromatic heterocycles. The summed E-state index contributed by atoms with van der Waals surface area (Å²) in [5, 5.41) is 8.56. The first kappa shape index (κ1) is 22.3. The average Bonchev–Trinajstić information content (AvgIpc) is 3.17. The Kier molecular flexibility index (Phi) is 6.28. The quantitative estimate of drug-likeness (QED) is 0.498. The topological polar surface area (TPSA) is 121 Å². The lowest BCUT2D eigenvalue weighted by atomic mass is 10.1. The molecule has 0 fully saturated rings. The normalized spacial score (nSPS) is 10.6. The third kappa shape index (κ3) is 4.68. The fraction of sp³-hybridized carbons (Fsp3) is 0.100. The van der Waals surface area contributed by atoms with Crippen molar-refractivity contribution < 1.29 is 18.8 Å². The highest BCUT2D eigenvalue weighted by Crippen LogP contribution is 2.26. The predicted octanol–water partition coefficient (Wildman–Crippen LogP) is 3.79. The molecule has 0 spiro atoms. The number of benzene rings is 2. The number of aromatic nitrogens is 2. The molecule has 0 aliphatic heterocycles. The van der Waals surface area contributed by atoms with Gasteiger partial charge in [-0.25, -0.2) is 4.39 Å². The third-order valence-corrected chi connectivity index (χ3v) is 4.99. The van der Waals surface area contributed by atoms with Crippen LogP contribution in [-0.2, 0) is 0 Å². The van der Waals surface area contributed by atoms with E-state index in [1.54, 1.807) is 25.1 Å². The van der Waals surface area contributed by atoms with E-state index in [0.717, 1.165) is 17.7 Å². The maximum absolute atomic E-state index is 13.7. The van der Waals surface area contributed by atoms with Crippen LogP contribution in [0.3, 0.4) is 0 Å². The van der Waals surface area contributed by atoms with Crippen molar-refractivity contribution in [3.8, 4) is 0 Å². The maximum atomic E-state index is 13.7. The summed E-state index contributed by atoms with van der Waals surface area (Å²) in [5.74, 6) is -2.70. The fourth-order valence-electron chi connectivity index (χ4n) is 2.80. The second-order valence-corrected chi connectivity index (χ2v) is 7.43. The molecule has 0 saturated heterocycles. The van der Waals surface area contributed by atoms with Crippen molar-refractivity contribution >= 4 is 52.4 Å². The van der Waals surface area contributed by atoms with Crippen LogP contribution in [-0.4, -0.2) is 35.0 Å². The van der Waals surface area contributed by atoms with Crippen LogP contribution in [0.2, 0.25) is 10.0 Å². The lowest BCUT2D eigenvalue weighted by Crippen LogP contribution is -2.29. The molecular weight excluding hydrogens is 448 g/mol. The van der Waals surface area contributed by atoms with E-state index in [2.05, 4.69) is 15.5 Å². The molecule has 31 heavy (non-hydrogen) atoms. The minimum absolute atomic E-state index is 0.0396. The molecule has 2 aromatic carbocycles. The number of aryl methyl sites for hydroxylation is 1. The van der Waals surface area contributed by atoms with Gasteiger partial charge in [-0.3, -0.25) is 19.5 Å². The second-order valence-electron chi connectivity index (χ2n) is 6.62. The summed E-state index contributed by atoms with van der Waals surface area (Å²) in [6, 6.07) is 8.21. The molecule has 0 atom stereocenters. The lowest BCUT2D eigenvalue weighted by molar-refractivity contribution is 0.0985. The Morgan fingerprint density at radius 2 is 1.81 bits per heavy atom. The molecule has 0 aliphatic carbocycles. The molecule has 11 heteroatoms. The number of nitrogens with zero attached hydrogens (tertiary/aromatic N) is 2. The lowest BCUT2D eigenvalue weighted by Gasteiger charge is -2.19. The minimum atomic E-state index is -0.804. The van der Waals surface area contributed by atoms with E-state index < -0.39 is 23.5 Å². The maximum Gasteiger partial charge on any atom is 0.278 e. The summed E-state index contributed by atoms with van der Waals surface area (Å²) in [6.45, 7) is 1.79. The van der Waals surface area contributed by atoms with E-state index in [4.69, 9.17) is 28.9 Å². The van der Waals surface area contributed by atoms with Crippen molar-refractivity contribution in [1.82, 2.24) is 10.2 Å². The van der Waals surface area contributed by atoms with Crippen LogP contribution in [0.1, 0.15) is 36.8 Å². The van der Waals surface area contributed by atoms with Gasteiger partial charge in [0.25, 0.3) is 17.7 Å². The number of H-pyrrole nitrogens is 1. The summed E-state index contributed by atoms with van der Waals surface area (Å²) >= 11 is 11.6. The Labute approximate surface area is 186 Å². The highest BCUT2D eigenvalue weighted by molar-refractivity contribution is 6.37. The Morgan fingerprint density at radius 1 is 1.10 bits per heavy atom. The summed E-state index contributed by atoms with van der Waals surface area (Å²) < 4.78 is 13.7. The van der Waals surface area contributed by atoms with Gasteiger partial charge in [0.15, 0.2) is 5.69 Å². The molecule has 0 radical (unpaired) electrons. The number of amides is 3. The molecule has 0 unspecified atom stereocenters. The highest BCUT2D eigenvalue weighted by Gasteiger charge is 2.22. The van der Waals surface area contributed by atoms with Gasteiger partial charge in [-0.1, -0.05) is 34.8 Å². The zero-order valence-corrected chi connectivity index (χ0v) is 17.8. The van der Waals surface area contributed by atoms with E-state index in [0.29, 0.717) is 5.69 Å². The summed E-state index contributed by atoms with van der Waals surface area (Å²) in [4.78, 5) is 38.1. The van der Waals surface area contributed by atoms with E-state index in [9.17, 15) is 18.8 Å². The van der Waals surface area contributed by atoms with Gasteiger partial charge in [0.1, 0.15) is 11.6 Å². The molecule has 0 bridgehead atoms. The number of aromatic amines is 1. The van der Waals surface area contributed by atoms with Gasteiger partial charge in [-0.15, -0.1) is 0 Å². The number of primary amides is 1. The standard InChI is InChI=1S/C20H16Cl2FN5O3/c1-9-3-4-16(11(5-9)18(24)29)28(2)20(31)15-8-17(27-26-15)25-19(30)10-6-14(23)13(22)7-12(10)21/h3-8H,1-2H3,(H2,24,29)(H2,25,26,27,30). The summed E-state index contributed by atoms with van der Waals surface area (Å²) in [5.41, 5.74) is 6.52. The van der Waals surface area contributed by atoms with Gasteiger partial charge in [-0.05, 0) is 31.2 Å². The number of carbonyl (C=O) groups is 3. The largest absolute Gasteiger partial charge is 0.366 e. The molecule has 3 amide bonds. The summed E-state index contributed by atoms with van der Waals surface area (Å²) in [6.07, 6.45) is 0. The zero-order valence-electron chi connectivity index (χ0n) is 16.3. The summed E-state index contributed by atoms with van der Waals surface area (Å²) in [7, 11) is 1.46. The zero-order chi connectivity index (χ0) is 22.9. The molecule has 4 N–H and O–H groups in total. The first-order valence-electron chi connectivity index (χ1n) is 8.78. The van der Waals surface area contributed by atoms with Gasteiger partial charge in [0.05, 0.1) is 26.9 Å². The van der Waals surface area contributed by atoms with Gasteiger partial charge >= 0.3 is 0 Å². The van der Waals surface area contributed by atoms with E-state index in [-0.39, 0.29) is 32.7 Å². The molecule has 0 saturated carbocycles. The first-order valence-corrected chi connectivity index (χ1v) is 9.54. The van der Waals surface area contributed by atoms with E-state index in [1.165, 1.54) is 18.0 Å². The Balaban J connectivity index is 1.81. The number of nitrogens with two attached hydrogens (primary N) is 1. The molecule has 160 valence electrons. The van der Waals surface area contributed by atoms with Crippen molar-refractivity contribution in [3.63, 3.8) is 0 Å². The average molecular weight is 464 g/mol. The number of nitrogens with one attached hydrogen (secondary N) is 2. The smallest absolute Gasteiger partial charge is 0.278 e. The van der Waals surface area contributed by atoms with Crippen molar-refractivity contribution in [3.05, 3.63) is 74.6 Å². The molecule has 3 aromatic rings. The van der Waals surface area contributed by atoms with Gasteiger partial charge in [0.2, 0.25) is 0 Å². The number of halogens is 3. The number of carbonyl (C=O) groups excluding carboxylic acids is 3. The minimum Gasteiger partial charge on any atom is -0.366 e. The van der Waals surface area contributed by atoms with E-state index >= 15 is 0 Å². The Bertz CT molecular complexity index is 1210. The SMILES string of the molecule is Cc1ccc(N(C)C(=O)c2cc(NC(=O)c3cc(F)c(Cl)cc3Cl)[nH]n2)c(C(N)=O)c1. The fourth-order valence-corrected chi connectivity index (χ4v) is 3.27. The predicted molar refractivity (Wildman–Crippen MR) is 115 cm³/mol. The van der Waals surface area contributed by atoms with Gasteiger partial charge in [0, 0.05) is 13.1 Å². The van der Waals surface area contributed by atoms with Crippen molar-refractivity contribution in [2.24, 2.45) is 5.73 Å². The van der Waals surface area contributed by atoms with Crippen molar-refractivity contribution in [2.75, 3.05) is 17.3 Å². The van der Waals surface area contributed by atoms with Gasteiger partial charge in [-0.2, -0.15) is 5.10 Å². The van der Waals surface area contributed by atoms with Gasteiger partial charge < -0.3 is 16.0 Å². The molecule has 1 heterocycles. The van der Waals surface area contributed by atoms with Crippen LogP contribution < -0.4 is 16.0 Å². The van der Waals surface area contributed by atoms with Crippen LogP contribution in [0.15, 0.2) is 36.4 Å². The first-order chi connectivity index (χ1) is 14.6. The van der Waals surface area contributed by atoms with Crippen LogP contribution in [0, 0.1) is 12.7 Å². The van der Waals surface area contributed by atoms with Crippen molar-refractivity contribution in [2.45, 2.75) is 6.92 Å².